The van der Waals surface area contributed by atoms with Crippen LogP contribution in [0.3, 0.4) is 0 Å². The first-order chi connectivity index (χ1) is 7.13. The maximum absolute atomic E-state index is 10.4. The number of carboxylic acid groups (broad SMARTS) is 1. The van der Waals surface area contributed by atoms with Gasteiger partial charge < -0.3 is 10.3 Å². The zero-order valence-corrected chi connectivity index (χ0v) is 8.47. The molecule has 0 fully saturated rings. The summed E-state index contributed by atoms with van der Waals surface area (Å²) in [5.41, 5.74) is 2.26. The Morgan fingerprint density at radius 3 is 2.33 bits per heavy atom. The van der Waals surface area contributed by atoms with E-state index in [1.165, 1.54) is 0 Å². The number of oxime groups is 1. The maximum Gasteiger partial charge on any atom is 0.303 e. The molecule has 0 aliphatic carbocycles. The lowest BCUT2D eigenvalue weighted by Crippen LogP contribution is -2.05. The lowest BCUT2D eigenvalue weighted by molar-refractivity contribution is -0.136. The molecule has 0 atom stereocenters. The van der Waals surface area contributed by atoms with Crippen molar-refractivity contribution in [3.8, 4) is 0 Å². The summed E-state index contributed by atoms with van der Waals surface area (Å²) in [4.78, 5) is 10.4. The molecule has 15 heavy (non-hydrogen) atoms. The topological polar surface area (TPSA) is 69.9 Å². The van der Waals surface area contributed by atoms with E-state index in [-0.39, 0.29) is 12.8 Å². The quantitative estimate of drug-likeness (QED) is 0.451. The molecule has 0 amide bonds. The average Bonchev–Trinajstić information content (AvgIpc) is 2.21. The molecule has 0 aliphatic rings. The summed E-state index contributed by atoms with van der Waals surface area (Å²) in [7, 11) is 0. The Morgan fingerprint density at radius 1 is 1.27 bits per heavy atom. The molecule has 2 N–H and O–H groups in total. The molecule has 4 heteroatoms. The van der Waals surface area contributed by atoms with Gasteiger partial charge in [-0.25, -0.2) is 0 Å². The van der Waals surface area contributed by atoms with Crippen molar-refractivity contribution in [3.05, 3.63) is 35.4 Å². The fraction of sp³-hybridized carbons (Fsp3) is 0.273. The maximum atomic E-state index is 10.4. The van der Waals surface area contributed by atoms with E-state index >= 15 is 0 Å². The number of hydrogen-bond acceptors (Lipinski definition) is 3. The molecule has 0 saturated carbocycles. The standard InChI is InChI=1S/C11H13NO3/c1-8-2-4-9(5-3-8)10(12-15)6-7-11(13)14/h2-5,15H,6-7H2,1H3,(H,13,14)/b12-10-. The van der Waals surface area contributed by atoms with Crippen molar-refractivity contribution in [2.45, 2.75) is 19.8 Å². The lowest BCUT2D eigenvalue weighted by Gasteiger charge is -2.03. The molecule has 0 radical (unpaired) electrons. The van der Waals surface area contributed by atoms with Crippen LogP contribution in [-0.2, 0) is 4.79 Å². The summed E-state index contributed by atoms with van der Waals surface area (Å²) in [6, 6.07) is 7.40. The molecular weight excluding hydrogens is 194 g/mol. The number of aliphatic carboxylic acids is 1. The summed E-state index contributed by atoms with van der Waals surface area (Å²) in [6.07, 6.45) is 0.197. The van der Waals surface area contributed by atoms with Crippen LogP contribution >= 0.6 is 0 Å². The number of rotatable bonds is 4. The summed E-state index contributed by atoms with van der Waals surface area (Å²) in [6.45, 7) is 1.96. The second-order valence-corrected chi connectivity index (χ2v) is 3.31. The minimum atomic E-state index is -0.900. The van der Waals surface area contributed by atoms with Crippen molar-refractivity contribution in [2.75, 3.05) is 0 Å². The molecule has 0 spiro atoms. The largest absolute Gasteiger partial charge is 0.481 e. The van der Waals surface area contributed by atoms with E-state index in [9.17, 15) is 4.79 Å². The van der Waals surface area contributed by atoms with Gasteiger partial charge in [0, 0.05) is 6.42 Å². The van der Waals surface area contributed by atoms with Crippen LogP contribution in [0.1, 0.15) is 24.0 Å². The number of nitrogens with zero attached hydrogens (tertiary/aromatic N) is 1. The third kappa shape index (κ3) is 3.42. The summed E-state index contributed by atoms with van der Waals surface area (Å²) >= 11 is 0. The number of carboxylic acids is 1. The third-order valence-electron chi connectivity index (χ3n) is 2.08. The first-order valence-corrected chi connectivity index (χ1v) is 4.63. The predicted octanol–water partition coefficient (Wildman–Crippen LogP) is 2.04. The van der Waals surface area contributed by atoms with E-state index in [0.29, 0.717) is 5.71 Å². The van der Waals surface area contributed by atoms with Gasteiger partial charge in [0.2, 0.25) is 0 Å². The highest BCUT2D eigenvalue weighted by Crippen LogP contribution is 2.08. The van der Waals surface area contributed by atoms with E-state index in [2.05, 4.69) is 5.16 Å². The Bertz CT molecular complexity index is 368. The second kappa shape index (κ2) is 5.14. The molecule has 0 aliphatic heterocycles. The molecular formula is C11H13NO3. The molecule has 1 aromatic carbocycles. The van der Waals surface area contributed by atoms with Crippen LogP contribution in [0, 0.1) is 6.92 Å². The van der Waals surface area contributed by atoms with Crippen LogP contribution in [0.2, 0.25) is 0 Å². The molecule has 0 saturated heterocycles. The molecule has 0 unspecified atom stereocenters. The van der Waals surface area contributed by atoms with Gasteiger partial charge in [-0.15, -0.1) is 0 Å². The summed E-state index contributed by atoms with van der Waals surface area (Å²) in [5.74, 6) is -0.900. The van der Waals surface area contributed by atoms with Crippen molar-refractivity contribution < 1.29 is 15.1 Å². The highest BCUT2D eigenvalue weighted by Gasteiger charge is 2.06. The number of benzene rings is 1. The van der Waals surface area contributed by atoms with Gasteiger partial charge in [-0.05, 0) is 12.5 Å². The third-order valence-corrected chi connectivity index (χ3v) is 2.08. The van der Waals surface area contributed by atoms with Crippen molar-refractivity contribution in [1.29, 1.82) is 0 Å². The van der Waals surface area contributed by atoms with Crippen molar-refractivity contribution in [3.63, 3.8) is 0 Å². The highest BCUT2D eigenvalue weighted by molar-refractivity contribution is 6.01. The minimum Gasteiger partial charge on any atom is -0.481 e. The van der Waals surface area contributed by atoms with Crippen LogP contribution < -0.4 is 0 Å². The van der Waals surface area contributed by atoms with Crippen molar-refractivity contribution in [1.82, 2.24) is 0 Å². The van der Waals surface area contributed by atoms with Crippen LogP contribution in [-0.4, -0.2) is 22.0 Å². The first-order valence-electron chi connectivity index (χ1n) is 4.63. The van der Waals surface area contributed by atoms with E-state index < -0.39 is 5.97 Å². The van der Waals surface area contributed by atoms with E-state index in [1.807, 2.05) is 31.2 Å². The molecule has 4 nitrogen and oxygen atoms in total. The molecule has 1 rings (SSSR count). The Labute approximate surface area is 87.9 Å². The van der Waals surface area contributed by atoms with E-state index in [4.69, 9.17) is 10.3 Å². The normalized spacial score (nSPS) is 11.4. The van der Waals surface area contributed by atoms with E-state index in [1.54, 1.807) is 0 Å². The molecule has 0 bridgehead atoms. The van der Waals surface area contributed by atoms with Crippen molar-refractivity contribution >= 4 is 11.7 Å². The average molecular weight is 207 g/mol. The smallest absolute Gasteiger partial charge is 0.303 e. The Hall–Kier alpha value is -1.84. The molecule has 1 aromatic rings. The van der Waals surface area contributed by atoms with Crippen LogP contribution in [0.5, 0.6) is 0 Å². The van der Waals surface area contributed by atoms with Crippen LogP contribution in [0.15, 0.2) is 29.4 Å². The zero-order valence-electron chi connectivity index (χ0n) is 8.47. The number of hydrogen-bond donors (Lipinski definition) is 2. The van der Waals surface area contributed by atoms with Gasteiger partial charge in [0.15, 0.2) is 0 Å². The van der Waals surface area contributed by atoms with Crippen molar-refractivity contribution in [2.24, 2.45) is 5.16 Å². The van der Waals surface area contributed by atoms with Gasteiger partial charge in [-0.2, -0.15) is 0 Å². The number of carbonyl (C=O) groups is 1. The highest BCUT2D eigenvalue weighted by atomic mass is 16.4. The van der Waals surface area contributed by atoms with Gasteiger partial charge in [-0.1, -0.05) is 35.0 Å². The fourth-order valence-corrected chi connectivity index (χ4v) is 1.22. The van der Waals surface area contributed by atoms with E-state index in [0.717, 1.165) is 11.1 Å². The van der Waals surface area contributed by atoms with Gasteiger partial charge in [-0.3, -0.25) is 4.79 Å². The lowest BCUT2D eigenvalue weighted by atomic mass is 10.0. The SMILES string of the molecule is Cc1ccc(/C(CCC(=O)O)=N\O)cc1. The number of aryl methyl sites for hydroxylation is 1. The summed E-state index contributed by atoms with van der Waals surface area (Å²) < 4.78 is 0. The first kappa shape index (κ1) is 11.2. The minimum absolute atomic E-state index is 0.0345. The Kier molecular flexibility index (Phi) is 3.85. The fourth-order valence-electron chi connectivity index (χ4n) is 1.22. The van der Waals surface area contributed by atoms with Gasteiger partial charge in [0.05, 0.1) is 12.1 Å². The second-order valence-electron chi connectivity index (χ2n) is 3.31. The zero-order chi connectivity index (χ0) is 11.3. The Morgan fingerprint density at radius 2 is 1.87 bits per heavy atom. The van der Waals surface area contributed by atoms with Crippen LogP contribution in [0.4, 0.5) is 0 Å². The Balaban J connectivity index is 2.75. The van der Waals surface area contributed by atoms with Gasteiger partial charge in [0.1, 0.15) is 0 Å². The molecule has 0 aromatic heterocycles. The van der Waals surface area contributed by atoms with Crippen LogP contribution in [0.25, 0.3) is 0 Å². The monoisotopic (exact) mass is 207 g/mol. The molecule has 0 heterocycles. The molecule has 80 valence electrons. The van der Waals surface area contributed by atoms with Gasteiger partial charge >= 0.3 is 5.97 Å². The van der Waals surface area contributed by atoms with Gasteiger partial charge in [0.25, 0.3) is 0 Å². The predicted molar refractivity (Wildman–Crippen MR) is 56.4 cm³/mol. The summed E-state index contributed by atoms with van der Waals surface area (Å²) in [5, 5.41) is 20.4.